The third-order valence-corrected chi connectivity index (χ3v) is 7.75. The second-order valence-corrected chi connectivity index (χ2v) is 10.7. The van der Waals surface area contributed by atoms with Crippen LogP contribution in [0, 0.1) is 0 Å². The first-order chi connectivity index (χ1) is 11.5. The first-order valence-electron chi connectivity index (χ1n) is 8.20. The summed E-state index contributed by atoms with van der Waals surface area (Å²) in [6, 6.07) is -0.595. The van der Waals surface area contributed by atoms with Crippen molar-refractivity contribution in [2.45, 2.75) is 25.8 Å². The van der Waals surface area contributed by atoms with E-state index in [9.17, 15) is 26.4 Å². The van der Waals surface area contributed by atoms with Crippen molar-refractivity contribution < 1.29 is 26.4 Å². The van der Waals surface area contributed by atoms with Gasteiger partial charge in [0, 0.05) is 52.1 Å². The van der Waals surface area contributed by atoms with Gasteiger partial charge in [-0.15, -0.1) is 0 Å². The fourth-order valence-corrected chi connectivity index (χ4v) is 6.23. The first-order valence-corrected chi connectivity index (χ1v) is 11.9. The summed E-state index contributed by atoms with van der Waals surface area (Å²) in [6.45, 7) is 3.25. The van der Waals surface area contributed by atoms with E-state index in [1.54, 1.807) is 9.80 Å². The Labute approximate surface area is 148 Å². The van der Waals surface area contributed by atoms with Crippen LogP contribution in [0.4, 0.5) is 0 Å². The quantitative estimate of drug-likeness (QED) is 0.561. The van der Waals surface area contributed by atoms with E-state index < -0.39 is 25.9 Å². The number of nitrogens with zero attached hydrogens (tertiary/aromatic N) is 3. The molecule has 2 amide bonds. The van der Waals surface area contributed by atoms with Crippen molar-refractivity contribution in [2.75, 3.05) is 50.5 Å². The minimum Gasteiger partial charge on any atom is -0.339 e. The van der Waals surface area contributed by atoms with Crippen molar-refractivity contribution in [1.82, 2.24) is 14.1 Å². The SMILES string of the molecule is CC(=O)N1CCN(C(=O)CCN(C2CCS(=O)(=O)C2)S(C)(=O)=O)CC1. The van der Waals surface area contributed by atoms with Crippen molar-refractivity contribution in [3.63, 3.8) is 0 Å². The molecule has 144 valence electrons. The lowest BCUT2D eigenvalue weighted by Gasteiger charge is -2.34. The van der Waals surface area contributed by atoms with Gasteiger partial charge in [-0.1, -0.05) is 0 Å². The van der Waals surface area contributed by atoms with Gasteiger partial charge in [0.2, 0.25) is 21.8 Å². The highest BCUT2D eigenvalue weighted by Gasteiger charge is 2.36. The van der Waals surface area contributed by atoms with Crippen LogP contribution in [0.5, 0.6) is 0 Å². The van der Waals surface area contributed by atoms with Crippen LogP contribution in [-0.4, -0.2) is 99.3 Å². The molecule has 0 aromatic rings. The maximum atomic E-state index is 12.3. The van der Waals surface area contributed by atoms with Gasteiger partial charge in [0.1, 0.15) is 0 Å². The fourth-order valence-electron chi connectivity index (χ4n) is 3.26. The van der Waals surface area contributed by atoms with Gasteiger partial charge in [0.05, 0.1) is 17.8 Å². The van der Waals surface area contributed by atoms with Gasteiger partial charge in [-0.05, 0) is 6.42 Å². The monoisotopic (exact) mass is 395 g/mol. The summed E-state index contributed by atoms with van der Waals surface area (Å²) in [5.41, 5.74) is 0. The molecule has 2 aliphatic rings. The highest BCUT2D eigenvalue weighted by atomic mass is 32.2. The molecule has 0 bridgehead atoms. The molecule has 0 aliphatic carbocycles. The van der Waals surface area contributed by atoms with E-state index in [4.69, 9.17) is 0 Å². The second kappa shape index (κ2) is 7.58. The van der Waals surface area contributed by atoms with Gasteiger partial charge < -0.3 is 9.80 Å². The van der Waals surface area contributed by atoms with E-state index in [2.05, 4.69) is 0 Å². The first kappa shape index (κ1) is 20.1. The van der Waals surface area contributed by atoms with Crippen LogP contribution in [0.25, 0.3) is 0 Å². The van der Waals surface area contributed by atoms with E-state index in [1.807, 2.05) is 0 Å². The Hall–Kier alpha value is -1.20. The van der Waals surface area contributed by atoms with Gasteiger partial charge in [0.25, 0.3) is 0 Å². The van der Waals surface area contributed by atoms with E-state index in [1.165, 1.54) is 6.92 Å². The number of hydrogen-bond acceptors (Lipinski definition) is 6. The zero-order valence-electron chi connectivity index (χ0n) is 14.5. The van der Waals surface area contributed by atoms with E-state index in [-0.39, 0.29) is 42.7 Å². The highest BCUT2D eigenvalue weighted by molar-refractivity contribution is 7.92. The number of hydrogen-bond donors (Lipinski definition) is 0. The molecule has 25 heavy (non-hydrogen) atoms. The lowest BCUT2D eigenvalue weighted by atomic mass is 10.2. The van der Waals surface area contributed by atoms with Crippen LogP contribution in [-0.2, 0) is 29.4 Å². The normalized spacial score (nSPS) is 23.9. The molecule has 2 aliphatic heterocycles. The van der Waals surface area contributed by atoms with Crippen molar-refractivity contribution in [1.29, 1.82) is 0 Å². The van der Waals surface area contributed by atoms with Crippen LogP contribution < -0.4 is 0 Å². The summed E-state index contributed by atoms with van der Waals surface area (Å²) in [7, 11) is -6.81. The molecule has 2 saturated heterocycles. The molecule has 11 heteroatoms. The molecule has 9 nitrogen and oxygen atoms in total. The largest absolute Gasteiger partial charge is 0.339 e. The predicted octanol–water partition coefficient (Wildman–Crippen LogP) is -1.48. The smallest absolute Gasteiger partial charge is 0.224 e. The zero-order valence-corrected chi connectivity index (χ0v) is 16.2. The Balaban J connectivity index is 1.93. The van der Waals surface area contributed by atoms with Crippen molar-refractivity contribution in [3.8, 4) is 0 Å². The van der Waals surface area contributed by atoms with Crippen LogP contribution in [0.1, 0.15) is 19.8 Å². The molecule has 1 unspecified atom stereocenters. The number of piperazine rings is 1. The number of sulfone groups is 1. The molecular weight excluding hydrogens is 370 g/mol. The van der Waals surface area contributed by atoms with Crippen molar-refractivity contribution >= 4 is 31.7 Å². The number of carbonyl (C=O) groups is 2. The van der Waals surface area contributed by atoms with E-state index >= 15 is 0 Å². The van der Waals surface area contributed by atoms with Crippen LogP contribution >= 0.6 is 0 Å². The molecular formula is C14H25N3O6S2. The van der Waals surface area contributed by atoms with Crippen molar-refractivity contribution in [2.24, 2.45) is 0 Å². The molecule has 0 aromatic carbocycles. The molecule has 0 spiro atoms. The highest BCUT2D eigenvalue weighted by Crippen LogP contribution is 2.20. The Morgan fingerprint density at radius 1 is 1.12 bits per heavy atom. The molecule has 0 N–H and O–H groups in total. The third-order valence-electron chi connectivity index (χ3n) is 4.67. The second-order valence-electron chi connectivity index (χ2n) is 6.57. The zero-order chi connectivity index (χ0) is 18.8. The fraction of sp³-hybridized carbons (Fsp3) is 0.857. The van der Waals surface area contributed by atoms with Gasteiger partial charge >= 0.3 is 0 Å². The summed E-state index contributed by atoms with van der Waals surface area (Å²) in [6.07, 6.45) is 1.30. The Morgan fingerprint density at radius 3 is 2.12 bits per heavy atom. The van der Waals surface area contributed by atoms with Crippen LogP contribution in [0.15, 0.2) is 0 Å². The Kier molecular flexibility index (Phi) is 6.10. The number of amides is 2. The summed E-state index contributed by atoms with van der Waals surface area (Å²) in [5.74, 6) is -0.425. The summed E-state index contributed by atoms with van der Waals surface area (Å²) < 4.78 is 48.4. The average molecular weight is 396 g/mol. The van der Waals surface area contributed by atoms with Crippen LogP contribution in [0.2, 0.25) is 0 Å². The molecule has 1 atom stereocenters. The predicted molar refractivity (Wildman–Crippen MR) is 92.1 cm³/mol. The van der Waals surface area contributed by atoms with Gasteiger partial charge in [0.15, 0.2) is 9.84 Å². The lowest BCUT2D eigenvalue weighted by Crippen LogP contribution is -2.51. The molecule has 2 fully saturated rings. The maximum absolute atomic E-state index is 12.3. The van der Waals surface area contributed by atoms with E-state index in [0.717, 1.165) is 10.6 Å². The topological polar surface area (TPSA) is 112 Å². The number of rotatable bonds is 5. The molecule has 2 rings (SSSR count). The summed E-state index contributed by atoms with van der Waals surface area (Å²) in [4.78, 5) is 26.9. The standard InChI is InChI=1S/C14H25N3O6S2/c1-12(18)15-6-8-16(9-7-15)14(19)3-5-17(24(2,20)21)13-4-10-25(22,23)11-13/h13H,3-11H2,1-2H3. The van der Waals surface area contributed by atoms with Gasteiger partial charge in [-0.25, -0.2) is 16.8 Å². The van der Waals surface area contributed by atoms with E-state index in [0.29, 0.717) is 26.2 Å². The minimum absolute atomic E-state index is 0.00366. The molecule has 0 radical (unpaired) electrons. The van der Waals surface area contributed by atoms with Gasteiger partial charge in [-0.2, -0.15) is 4.31 Å². The Bertz CT molecular complexity index is 726. The number of carbonyl (C=O) groups excluding carboxylic acids is 2. The average Bonchev–Trinajstić information content (AvgIpc) is 2.85. The summed E-state index contributed by atoms with van der Waals surface area (Å²) >= 11 is 0. The maximum Gasteiger partial charge on any atom is 0.224 e. The Morgan fingerprint density at radius 2 is 1.68 bits per heavy atom. The lowest BCUT2D eigenvalue weighted by molar-refractivity contribution is -0.138. The minimum atomic E-state index is -3.60. The summed E-state index contributed by atoms with van der Waals surface area (Å²) in [5, 5.41) is 0. The van der Waals surface area contributed by atoms with Crippen molar-refractivity contribution in [3.05, 3.63) is 0 Å². The molecule has 0 saturated carbocycles. The van der Waals surface area contributed by atoms with Crippen LogP contribution in [0.3, 0.4) is 0 Å². The van der Waals surface area contributed by atoms with Gasteiger partial charge in [-0.3, -0.25) is 9.59 Å². The molecule has 2 heterocycles. The molecule has 0 aromatic heterocycles. The number of sulfonamides is 1. The third kappa shape index (κ3) is 5.38.